The van der Waals surface area contributed by atoms with Crippen LogP contribution in [0.5, 0.6) is 0 Å². The number of benzene rings is 2. The van der Waals surface area contributed by atoms with Gasteiger partial charge in [-0.15, -0.1) is 0 Å². The van der Waals surface area contributed by atoms with Gasteiger partial charge in [0.15, 0.2) is 0 Å². The minimum atomic E-state index is 0.242. The van der Waals surface area contributed by atoms with Crippen LogP contribution in [0.25, 0.3) is 21.8 Å². The maximum Gasteiger partial charge on any atom is 0.0454 e. The van der Waals surface area contributed by atoms with Gasteiger partial charge in [0.05, 0.1) is 0 Å². The van der Waals surface area contributed by atoms with E-state index in [1.54, 1.807) is 0 Å². The molecule has 0 radical (unpaired) electrons. The summed E-state index contributed by atoms with van der Waals surface area (Å²) < 4.78 is 0. The highest BCUT2D eigenvalue weighted by atomic mass is 14.7. The van der Waals surface area contributed by atoms with Crippen molar-refractivity contribution in [3.05, 3.63) is 72.1 Å². The molecule has 4 rings (SSSR count). The van der Waals surface area contributed by atoms with Gasteiger partial charge in [-0.05, 0) is 69.1 Å². The first kappa shape index (κ1) is 18.3. The average Bonchev–Trinajstić information content (AvgIpc) is 3.21. The van der Waals surface area contributed by atoms with Gasteiger partial charge in [-0.25, -0.2) is 0 Å². The molecule has 0 amide bonds. The molecule has 0 saturated carbocycles. The van der Waals surface area contributed by atoms with E-state index >= 15 is 0 Å². The third kappa shape index (κ3) is 4.01. The molecule has 0 bridgehead atoms. The standard InChI is InChI=1S/2C12H15N/c2*1-12(2,3)10-4-5-11-9(8-10)6-7-13-11/h2*4-8,13H,1-3H3. The van der Waals surface area contributed by atoms with Gasteiger partial charge in [-0.3, -0.25) is 0 Å². The van der Waals surface area contributed by atoms with E-state index in [0.717, 1.165) is 0 Å². The Kier molecular flexibility index (Phi) is 4.70. The van der Waals surface area contributed by atoms with E-state index in [0.29, 0.717) is 0 Å². The first-order valence-corrected chi connectivity index (χ1v) is 9.30. The monoisotopic (exact) mass is 346 g/mol. The van der Waals surface area contributed by atoms with E-state index in [-0.39, 0.29) is 10.8 Å². The van der Waals surface area contributed by atoms with E-state index in [2.05, 4.69) is 100 Å². The quantitative estimate of drug-likeness (QED) is 0.346. The van der Waals surface area contributed by atoms with Crippen LogP contribution < -0.4 is 0 Å². The number of aromatic nitrogens is 2. The maximum atomic E-state index is 3.20. The average molecular weight is 347 g/mol. The molecule has 136 valence electrons. The molecule has 2 heteroatoms. The number of rotatable bonds is 0. The number of hydrogen-bond donors (Lipinski definition) is 2. The molecule has 2 nitrogen and oxygen atoms in total. The lowest BCUT2D eigenvalue weighted by atomic mass is 9.86. The Labute approximate surface area is 156 Å². The molecule has 2 aromatic carbocycles. The molecule has 0 unspecified atom stereocenters. The predicted octanol–water partition coefficient (Wildman–Crippen LogP) is 6.93. The number of nitrogens with one attached hydrogen (secondary N) is 2. The summed E-state index contributed by atoms with van der Waals surface area (Å²) in [6.45, 7) is 13.4. The summed E-state index contributed by atoms with van der Waals surface area (Å²) in [4.78, 5) is 6.40. The van der Waals surface area contributed by atoms with Crippen LogP contribution >= 0.6 is 0 Å². The second-order valence-electron chi connectivity index (χ2n) is 9.06. The molecule has 0 spiro atoms. The first-order valence-electron chi connectivity index (χ1n) is 9.30. The minimum Gasteiger partial charge on any atom is -0.361 e. The van der Waals surface area contributed by atoms with Crippen molar-refractivity contribution < 1.29 is 0 Å². The van der Waals surface area contributed by atoms with Crippen molar-refractivity contribution in [3.63, 3.8) is 0 Å². The fraction of sp³-hybridized carbons (Fsp3) is 0.333. The Bertz CT molecular complexity index is 920. The van der Waals surface area contributed by atoms with Gasteiger partial charge < -0.3 is 9.97 Å². The van der Waals surface area contributed by atoms with Crippen molar-refractivity contribution in [3.8, 4) is 0 Å². The van der Waals surface area contributed by atoms with Crippen LogP contribution in [0, 0.1) is 0 Å². The summed E-state index contributed by atoms with van der Waals surface area (Å²) in [6.07, 6.45) is 3.97. The lowest BCUT2D eigenvalue weighted by Gasteiger charge is -2.18. The topological polar surface area (TPSA) is 31.6 Å². The Morgan fingerprint density at radius 1 is 0.538 bits per heavy atom. The zero-order valence-electron chi connectivity index (χ0n) is 16.8. The number of fused-ring (bicyclic) bond motifs is 2. The van der Waals surface area contributed by atoms with Crippen molar-refractivity contribution in [1.29, 1.82) is 0 Å². The van der Waals surface area contributed by atoms with E-state index in [9.17, 15) is 0 Å². The summed E-state index contributed by atoms with van der Waals surface area (Å²) in [7, 11) is 0. The van der Waals surface area contributed by atoms with Gasteiger partial charge in [0, 0.05) is 23.4 Å². The third-order valence-corrected chi connectivity index (χ3v) is 4.84. The van der Waals surface area contributed by atoms with Gasteiger partial charge in [0.25, 0.3) is 0 Å². The lowest BCUT2D eigenvalue weighted by molar-refractivity contribution is 0.591. The Morgan fingerprint density at radius 3 is 1.27 bits per heavy atom. The minimum absolute atomic E-state index is 0.242. The first-order chi connectivity index (χ1) is 12.1. The van der Waals surface area contributed by atoms with Crippen LogP contribution in [-0.4, -0.2) is 9.97 Å². The molecule has 0 fully saturated rings. The van der Waals surface area contributed by atoms with Crippen molar-refractivity contribution in [1.82, 2.24) is 9.97 Å². The SMILES string of the molecule is CC(C)(C)c1ccc2[nH]ccc2c1.CC(C)(C)c1ccc2[nH]ccc2c1. The van der Waals surface area contributed by atoms with Crippen LogP contribution in [0.15, 0.2) is 60.9 Å². The van der Waals surface area contributed by atoms with Gasteiger partial charge in [0.1, 0.15) is 0 Å². The van der Waals surface area contributed by atoms with Crippen LogP contribution in [-0.2, 0) is 10.8 Å². The highest BCUT2D eigenvalue weighted by molar-refractivity contribution is 5.80. The Hall–Kier alpha value is -2.48. The van der Waals surface area contributed by atoms with Crippen LogP contribution in [0.4, 0.5) is 0 Å². The zero-order valence-corrected chi connectivity index (χ0v) is 16.8. The molecule has 26 heavy (non-hydrogen) atoms. The van der Waals surface area contributed by atoms with Gasteiger partial charge >= 0.3 is 0 Å². The fourth-order valence-corrected chi connectivity index (χ4v) is 3.04. The molecule has 0 saturated heterocycles. The van der Waals surface area contributed by atoms with Crippen LogP contribution in [0.2, 0.25) is 0 Å². The van der Waals surface area contributed by atoms with Crippen molar-refractivity contribution in [2.24, 2.45) is 0 Å². The normalized spacial score (nSPS) is 12.2. The molecular formula is C24H30N2. The number of aromatic amines is 2. The largest absolute Gasteiger partial charge is 0.361 e. The van der Waals surface area contributed by atoms with Crippen molar-refractivity contribution in [2.75, 3.05) is 0 Å². The molecule has 4 aromatic rings. The fourth-order valence-electron chi connectivity index (χ4n) is 3.04. The van der Waals surface area contributed by atoms with E-state index in [1.165, 1.54) is 32.9 Å². The summed E-state index contributed by atoms with van der Waals surface area (Å²) in [5, 5.41) is 2.60. The molecule has 0 aliphatic carbocycles. The van der Waals surface area contributed by atoms with E-state index in [1.807, 2.05) is 12.4 Å². The second kappa shape index (κ2) is 6.68. The van der Waals surface area contributed by atoms with Gasteiger partial charge in [-0.2, -0.15) is 0 Å². The predicted molar refractivity (Wildman–Crippen MR) is 114 cm³/mol. The van der Waals surface area contributed by atoms with Crippen molar-refractivity contribution in [2.45, 2.75) is 52.4 Å². The summed E-state index contributed by atoms with van der Waals surface area (Å²) >= 11 is 0. The summed E-state index contributed by atoms with van der Waals surface area (Å²) in [5.41, 5.74) is 5.69. The highest BCUT2D eigenvalue weighted by Crippen LogP contribution is 2.26. The summed E-state index contributed by atoms with van der Waals surface area (Å²) in [6, 6.07) is 17.4. The molecule has 0 aliphatic heterocycles. The lowest BCUT2D eigenvalue weighted by Crippen LogP contribution is -2.10. The maximum absolute atomic E-state index is 3.20. The molecule has 0 atom stereocenters. The molecule has 0 aliphatic rings. The second-order valence-corrected chi connectivity index (χ2v) is 9.06. The van der Waals surface area contributed by atoms with Crippen LogP contribution in [0.1, 0.15) is 52.7 Å². The molecule has 2 aromatic heterocycles. The molecular weight excluding hydrogens is 316 g/mol. The smallest absolute Gasteiger partial charge is 0.0454 e. The van der Waals surface area contributed by atoms with E-state index < -0.39 is 0 Å². The Morgan fingerprint density at radius 2 is 0.923 bits per heavy atom. The number of hydrogen-bond acceptors (Lipinski definition) is 0. The third-order valence-electron chi connectivity index (χ3n) is 4.84. The van der Waals surface area contributed by atoms with Gasteiger partial charge in [-0.1, -0.05) is 53.7 Å². The number of H-pyrrole nitrogens is 2. The summed E-state index contributed by atoms with van der Waals surface area (Å²) in [5.74, 6) is 0. The molecule has 2 N–H and O–H groups in total. The molecule has 2 heterocycles. The zero-order chi connectivity index (χ0) is 18.9. The highest BCUT2D eigenvalue weighted by Gasteiger charge is 2.14. The van der Waals surface area contributed by atoms with Crippen LogP contribution in [0.3, 0.4) is 0 Å². The Balaban J connectivity index is 0.000000151. The van der Waals surface area contributed by atoms with E-state index in [4.69, 9.17) is 0 Å². The van der Waals surface area contributed by atoms with Crippen molar-refractivity contribution >= 4 is 21.8 Å². The van der Waals surface area contributed by atoms with Gasteiger partial charge in [0.2, 0.25) is 0 Å².